The van der Waals surface area contributed by atoms with Gasteiger partial charge in [0.25, 0.3) is 0 Å². The molecule has 0 unspecified atom stereocenters. The van der Waals surface area contributed by atoms with Crippen LogP contribution in [0.1, 0.15) is 5.69 Å². The number of hydrogen-bond acceptors (Lipinski definition) is 1. The maximum absolute atomic E-state index is 4.34. The van der Waals surface area contributed by atoms with Crippen LogP contribution in [0.25, 0.3) is 10.8 Å². The molecule has 0 atom stereocenters. The van der Waals surface area contributed by atoms with Crippen molar-refractivity contribution in [3.05, 3.63) is 42.2 Å². The van der Waals surface area contributed by atoms with Crippen LogP contribution < -0.4 is 0 Å². The second-order valence-electron chi connectivity index (χ2n) is 2.91. The van der Waals surface area contributed by atoms with E-state index >= 15 is 0 Å². The van der Waals surface area contributed by atoms with Crippen LogP contribution in [0.4, 0.5) is 0 Å². The van der Waals surface area contributed by atoms with Crippen molar-refractivity contribution in [3.63, 3.8) is 0 Å². The number of alkyl halides is 3. The predicted octanol–water partition coefficient (Wildman–Crippen LogP) is 4.53. The van der Waals surface area contributed by atoms with E-state index in [1.165, 1.54) is 5.39 Å². The third-order valence-electron chi connectivity index (χ3n) is 1.92. The average Bonchev–Trinajstić information content (AvgIpc) is 2.16. The van der Waals surface area contributed by atoms with Gasteiger partial charge in [0, 0.05) is 11.6 Å². The predicted molar refractivity (Wildman–Crippen MR) is 70.2 cm³/mol. The van der Waals surface area contributed by atoms with Crippen molar-refractivity contribution in [2.24, 2.45) is 0 Å². The molecule has 2 aromatic rings. The molecular formula is C10H6Br3N. The van der Waals surface area contributed by atoms with Gasteiger partial charge >= 0.3 is 0 Å². The molecule has 1 aromatic heterocycles. The number of pyridine rings is 1. The van der Waals surface area contributed by atoms with Crippen LogP contribution in [0.15, 0.2) is 36.5 Å². The summed E-state index contributed by atoms with van der Waals surface area (Å²) in [5, 5.41) is 2.33. The minimum absolute atomic E-state index is 0.434. The Morgan fingerprint density at radius 3 is 2.29 bits per heavy atom. The molecule has 0 saturated heterocycles. The van der Waals surface area contributed by atoms with Gasteiger partial charge in [0.1, 0.15) is 0 Å². The Morgan fingerprint density at radius 1 is 1.00 bits per heavy atom. The van der Waals surface area contributed by atoms with E-state index in [0.29, 0.717) is 0 Å². The second kappa shape index (κ2) is 3.91. The Kier molecular flexibility index (Phi) is 2.96. The highest BCUT2D eigenvalue weighted by Crippen LogP contribution is 2.43. The number of rotatable bonds is 0. The molecule has 0 aliphatic heterocycles. The third-order valence-corrected chi connectivity index (χ3v) is 3.14. The van der Waals surface area contributed by atoms with Crippen LogP contribution in [-0.4, -0.2) is 4.98 Å². The Labute approximate surface area is 107 Å². The molecule has 0 radical (unpaired) electrons. The normalized spacial score (nSPS) is 11.9. The summed E-state index contributed by atoms with van der Waals surface area (Å²) in [7, 11) is 0. The summed E-state index contributed by atoms with van der Waals surface area (Å²) in [6, 6.07) is 10.2. The zero-order valence-electron chi connectivity index (χ0n) is 7.05. The van der Waals surface area contributed by atoms with Gasteiger partial charge in [-0.1, -0.05) is 72.1 Å². The number of aromatic nitrogens is 1. The van der Waals surface area contributed by atoms with E-state index in [9.17, 15) is 0 Å². The van der Waals surface area contributed by atoms with Gasteiger partial charge in [-0.15, -0.1) is 0 Å². The third kappa shape index (κ3) is 2.18. The first kappa shape index (κ1) is 10.6. The minimum Gasteiger partial charge on any atom is -0.257 e. The van der Waals surface area contributed by atoms with E-state index in [1.54, 1.807) is 0 Å². The summed E-state index contributed by atoms with van der Waals surface area (Å²) >= 11 is 10.3. The highest BCUT2D eigenvalue weighted by Gasteiger charge is 2.22. The van der Waals surface area contributed by atoms with Crippen molar-refractivity contribution in [2.75, 3.05) is 0 Å². The molecule has 0 N–H and O–H groups in total. The molecular weight excluding hydrogens is 374 g/mol. The van der Waals surface area contributed by atoms with Gasteiger partial charge in [-0.3, -0.25) is 4.98 Å². The lowest BCUT2D eigenvalue weighted by Crippen LogP contribution is -2.00. The first-order valence-electron chi connectivity index (χ1n) is 3.99. The van der Waals surface area contributed by atoms with Crippen LogP contribution >= 0.6 is 47.8 Å². The molecule has 2 rings (SSSR count). The fourth-order valence-corrected chi connectivity index (χ4v) is 1.89. The maximum Gasteiger partial charge on any atom is 0.176 e. The van der Waals surface area contributed by atoms with Crippen LogP contribution in [0.2, 0.25) is 0 Å². The standard InChI is InChI=1S/C10H6Br3N/c11-10(12,13)9-5-7-3-1-2-4-8(7)6-14-9/h1-6H. The van der Waals surface area contributed by atoms with Gasteiger partial charge in [0.2, 0.25) is 0 Å². The number of fused-ring (bicyclic) bond motifs is 1. The average molecular weight is 380 g/mol. The van der Waals surface area contributed by atoms with Crippen molar-refractivity contribution in [3.8, 4) is 0 Å². The number of halogens is 3. The van der Waals surface area contributed by atoms with E-state index < -0.39 is 2.14 Å². The molecule has 1 nitrogen and oxygen atoms in total. The summed E-state index contributed by atoms with van der Waals surface area (Å²) in [6.07, 6.45) is 1.86. The number of benzene rings is 1. The minimum atomic E-state index is -0.434. The quantitative estimate of drug-likeness (QED) is 0.613. The molecule has 0 spiro atoms. The summed E-state index contributed by atoms with van der Waals surface area (Å²) in [5.41, 5.74) is 0.899. The summed E-state index contributed by atoms with van der Waals surface area (Å²) in [6.45, 7) is 0. The SMILES string of the molecule is BrC(Br)(Br)c1cc2ccccc2cn1. The molecule has 14 heavy (non-hydrogen) atoms. The zero-order chi connectivity index (χ0) is 10.2. The van der Waals surface area contributed by atoms with E-state index in [-0.39, 0.29) is 0 Å². The van der Waals surface area contributed by atoms with Crippen LogP contribution in [0, 0.1) is 0 Å². The maximum atomic E-state index is 4.34. The molecule has 0 aliphatic carbocycles. The zero-order valence-corrected chi connectivity index (χ0v) is 11.8. The highest BCUT2D eigenvalue weighted by molar-refractivity contribution is 9.38. The van der Waals surface area contributed by atoms with Gasteiger partial charge in [0.15, 0.2) is 2.14 Å². The fraction of sp³-hybridized carbons (Fsp3) is 0.100. The van der Waals surface area contributed by atoms with Crippen LogP contribution in [-0.2, 0) is 2.14 Å². The van der Waals surface area contributed by atoms with Gasteiger partial charge < -0.3 is 0 Å². The first-order chi connectivity index (χ1) is 6.57. The lowest BCUT2D eigenvalue weighted by Gasteiger charge is -2.11. The van der Waals surface area contributed by atoms with Crippen molar-refractivity contribution in [2.45, 2.75) is 2.14 Å². The van der Waals surface area contributed by atoms with Crippen molar-refractivity contribution >= 4 is 58.6 Å². The first-order valence-corrected chi connectivity index (χ1v) is 6.37. The highest BCUT2D eigenvalue weighted by atomic mass is 80.0. The molecule has 0 aliphatic rings. The van der Waals surface area contributed by atoms with Crippen LogP contribution in [0.3, 0.4) is 0 Å². The van der Waals surface area contributed by atoms with Crippen molar-refractivity contribution in [1.82, 2.24) is 4.98 Å². The van der Waals surface area contributed by atoms with Crippen molar-refractivity contribution < 1.29 is 0 Å². The molecule has 0 bridgehead atoms. The van der Waals surface area contributed by atoms with Gasteiger partial charge in [-0.2, -0.15) is 0 Å². The summed E-state index contributed by atoms with van der Waals surface area (Å²) in [4.78, 5) is 4.34. The Balaban J connectivity index is 2.63. The number of nitrogens with zero attached hydrogens (tertiary/aromatic N) is 1. The number of hydrogen-bond donors (Lipinski definition) is 0. The molecule has 4 heteroatoms. The van der Waals surface area contributed by atoms with E-state index in [1.807, 2.05) is 30.5 Å². The molecule has 1 heterocycles. The summed E-state index contributed by atoms with van der Waals surface area (Å²) in [5.74, 6) is 0. The smallest absolute Gasteiger partial charge is 0.176 e. The Hall–Kier alpha value is 0.0700. The van der Waals surface area contributed by atoms with E-state index in [0.717, 1.165) is 11.1 Å². The lowest BCUT2D eigenvalue weighted by atomic mass is 10.1. The van der Waals surface area contributed by atoms with E-state index in [2.05, 4.69) is 58.8 Å². The van der Waals surface area contributed by atoms with Gasteiger partial charge in [0.05, 0.1) is 5.69 Å². The fourth-order valence-electron chi connectivity index (χ4n) is 1.24. The van der Waals surface area contributed by atoms with Crippen molar-refractivity contribution in [1.29, 1.82) is 0 Å². The molecule has 0 amide bonds. The summed E-state index contributed by atoms with van der Waals surface area (Å²) < 4.78 is -0.434. The molecule has 0 saturated carbocycles. The Bertz CT molecular complexity index is 462. The molecule has 1 aromatic carbocycles. The topological polar surface area (TPSA) is 12.9 Å². The molecule has 72 valence electrons. The Morgan fingerprint density at radius 2 is 1.64 bits per heavy atom. The van der Waals surface area contributed by atoms with E-state index in [4.69, 9.17) is 0 Å². The van der Waals surface area contributed by atoms with Crippen LogP contribution in [0.5, 0.6) is 0 Å². The lowest BCUT2D eigenvalue weighted by molar-refractivity contribution is 1.17. The monoisotopic (exact) mass is 377 g/mol. The second-order valence-corrected chi connectivity index (χ2v) is 9.68. The largest absolute Gasteiger partial charge is 0.257 e. The van der Waals surface area contributed by atoms with Gasteiger partial charge in [-0.05, 0) is 11.5 Å². The molecule has 0 fully saturated rings. The van der Waals surface area contributed by atoms with Gasteiger partial charge in [-0.25, -0.2) is 0 Å².